The second-order valence-corrected chi connectivity index (χ2v) is 11.2. The molecule has 0 bridgehead atoms. The molecule has 6 rings (SSSR count). The van der Waals surface area contributed by atoms with Gasteiger partial charge >= 0.3 is 0 Å². The van der Waals surface area contributed by atoms with E-state index >= 15 is 0 Å². The Labute approximate surface area is 266 Å². The van der Waals surface area contributed by atoms with Crippen LogP contribution in [0.15, 0.2) is 97.1 Å². The van der Waals surface area contributed by atoms with Crippen LogP contribution in [0.5, 0.6) is 5.75 Å². The van der Waals surface area contributed by atoms with Crippen molar-refractivity contribution in [2.45, 2.75) is 12.1 Å². The summed E-state index contributed by atoms with van der Waals surface area (Å²) in [6.45, 7) is 7.77. The lowest BCUT2D eigenvalue weighted by Crippen LogP contribution is -2.36. The van der Waals surface area contributed by atoms with Crippen LogP contribution >= 0.6 is 0 Å². The van der Waals surface area contributed by atoms with E-state index in [0.29, 0.717) is 72.6 Å². The Morgan fingerprint density at radius 3 is 1.60 bits per heavy atom. The average Bonchev–Trinajstić information content (AvgIpc) is 3.09. The molecule has 236 valence electrons. The van der Waals surface area contributed by atoms with Crippen LogP contribution in [0.1, 0.15) is 22.3 Å². The normalized spacial score (nSPS) is 19.2. The maximum Gasteiger partial charge on any atom is 0.178 e. The molecule has 2 heterocycles. The monoisotopic (exact) mass is 609 g/mol. The highest BCUT2D eigenvalue weighted by Gasteiger charge is 2.38. The van der Waals surface area contributed by atoms with Crippen molar-refractivity contribution in [1.82, 2.24) is 4.90 Å². The van der Waals surface area contributed by atoms with Gasteiger partial charge in [-0.3, -0.25) is 4.90 Å². The van der Waals surface area contributed by atoms with Crippen LogP contribution in [-0.4, -0.2) is 84.1 Å². The van der Waals surface area contributed by atoms with E-state index in [4.69, 9.17) is 28.4 Å². The Morgan fingerprint density at radius 1 is 0.556 bits per heavy atom. The van der Waals surface area contributed by atoms with E-state index in [1.807, 2.05) is 12.1 Å². The van der Waals surface area contributed by atoms with Gasteiger partial charge in [0.2, 0.25) is 0 Å². The summed E-state index contributed by atoms with van der Waals surface area (Å²) >= 11 is 0. The van der Waals surface area contributed by atoms with E-state index in [1.165, 1.54) is 10.8 Å². The maximum absolute atomic E-state index is 7.27. The van der Waals surface area contributed by atoms with Gasteiger partial charge in [-0.2, -0.15) is 0 Å². The third-order valence-corrected chi connectivity index (χ3v) is 8.26. The number of hydrogen-bond donors (Lipinski definition) is 0. The molecular formula is C38H43NO6. The lowest BCUT2D eigenvalue weighted by molar-refractivity contribution is -0.0190. The molecule has 0 spiro atoms. The Balaban J connectivity index is 1.30. The van der Waals surface area contributed by atoms with Gasteiger partial charge in [-0.15, -0.1) is 0 Å². The first-order valence-corrected chi connectivity index (χ1v) is 16.0. The van der Waals surface area contributed by atoms with E-state index in [9.17, 15) is 0 Å². The molecule has 1 saturated heterocycles. The third-order valence-electron chi connectivity index (χ3n) is 8.26. The minimum atomic E-state index is -0.753. The van der Waals surface area contributed by atoms with Gasteiger partial charge in [-0.05, 0) is 29.0 Å². The van der Waals surface area contributed by atoms with E-state index in [1.54, 1.807) is 0 Å². The van der Waals surface area contributed by atoms with Crippen molar-refractivity contribution in [3.8, 4) is 5.75 Å². The van der Waals surface area contributed by atoms with E-state index < -0.39 is 5.60 Å². The van der Waals surface area contributed by atoms with Gasteiger partial charge in [0.25, 0.3) is 0 Å². The topological polar surface area (TPSA) is 58.6 Å². The number of hydrogen-bond acceptors (Lipinski definition) is 7. The molecule has 1 fully saturated rings. The quantitative estimate of drug-likeness (QED) is 0.278. The van der Waals surface area contributed by atoms with Gasteiger partial charge in [0.15, 0.2) is 5.60 Å². The molecule has 7 nitrogen and oxygen atoms in total. The van der Waals surface area contributed by atoms with Crippen LogP contribution < -0.4 is 4.74 Å². The van der Waals surface area contributed by atoms with Crippen molar-refractivity contribution in [3.63, 3.8) is 0 Å². The van der Waals surface area contributed by atoms with Crippen LogP contribution in [0, 0.1) is 0 Å². The molecule has 0 saturated carbocycles. The Hall–Kier alpha value is -3.56. The van der Waals surface area contributed by atoms with Crippen LogP contribution in [0.2, 0.25) is 0 Å². The number of benzene rings is 4. The second kappa shape index (κ2) is 16.1. The molecule has 0 atom stereocenters. The molecule has 45 heavy (non-hydrogen) atoms. The molecule has 0 aliphatic carbocycles. The predicted octanol–water partition coefficient (Wildman–Crippen LogP) is 6.09. The zero-order chi connectivity index (χ0) is 30.6. The van der Waals surface area contributed by atoms with Gasteiger partial charge < -0.3 is 28.4 Å². The summed E-state index contributed by atoms with van der Waals surface area (Å²) in [4.78, 5) is 2.39. The SMILES string of the molecule is C1=CC(c2ccccc2)(c2ccccc2)Oc2c(CN3CCOCCOCCOCCOCCOCC3)cc3ccccc3c21. The lowest BCUT2D eigenvalue weighted by atomic mass is 9.82. The molecule has 0 unspecified atom stereocenters. The maximum atomic E-state index is 7.27. The van der Waals surface area contributed by atoms with Crippen molar-refractivity contribution in [1.29, 1.82) is 0 Å². The number of nitrogens with zero attached hydrogens (tertiary/aromatic N) is 1. The van der Waals surface area contributed by atoms with Crippen LogP contribution in [0.3, 0.4) is 0 Å². The highest BCUT2D eigenvalue weighted by molar-refractivity contribution is 5.95. The zero-order valence-electron chi connectivity index (χ0n) is 25.9. The number of fused-ring (bicyclic) bond motifs is 3. The third kappa shape index (κ3) is 8.00. The zero-order valence-corrected chi connectivity index (χ0v) is 25.9. The van der Waals surface area contributed by atoms with Crippen molar-refractivity contribution < 1.29 is 28.4 Å². The van der Waals surface area contributed by atoms with Gasteiger partial charge in [-0.1, -0.05) is 84.9 Å². The molecule has 0 N–H and O–H groups in total. The summed E-state index contributed by atoms with van der Waals surface area (Å²) in [5, 5.41) is 2.37. The molecule has 2 aliphatic heterocycles. The number of rotatable bonds is 4. The summed E-state index contributed by atoms with van der Waals surface area (Å²) in [7, 11) is 0. The summed E-state index contributed by atoms with van der Waals surface area (Å²) in [6.07, 6.45) is 4.46. The van der Waals surface area contributed by atoms with Crippen molar-refractivity contribution in [3.05, 3.63) is 119 Å². The summed E-state index contributed by atoms with van der Waals surface area (Å²) < 4.78 is 36.0. The first kappa shape index (κ1) is 31.4. The molecule has 0 amide bonds. The van der Waals surface area contributed by atoms with E-state index in [0.717, 1.165) is 41.1 Å². The van der Waals surface area contributed by atoms with Crippen molar-refractivity contribution in [2.24, 2.45) is 0 Å². The van der Waals surface area contributed by atoms with Gasteiger partial charge in [-0.25, -0.2) is 0 Å². The van der Waals surface area contributed by atoms with Crippen molar-refractivity contribution in [2.75, 3.05) is 79.2 Å². The smallest absolute Gasteiger partial charge is 0.178 e. The molecular weight excluding hydrogens is 566 g/mol. The fraction of sp³-hybridized carbons (Fsp3) is 0.368. The van der Waals surface area contributed by atoms with Gasteiger partial charge in [0.1, 0.15) is 5.75 Å². The fourth-order valence-corrected chi connectivity index (χ4v) is 5.94. The average molecular weight is 610 g/mol. The highest BCUT2D eigenvalue weighted by Crippen LogP contribution is 2.46. The highest BCUT2D eigenvalue weighted by atomic mass is 16.6. The fourth-order valence-electron chi connectivity index (χ4n) is 5.94. The molecule has 4 aromatic rings. The Kier molecular flexibility index (Phi) is 11.3. The molecule has 0 aromatic heterocycles. The Morgan fingerprint density at radius 2 is 1.04 bits per heavy atom. The first-order chi connectivity index (χ1) is 22.3. The largest absolute Gasteiger partial charge is 0.473 e. The van der Waals surface area contributed by atoms with Crippen LogP contribution in [-0.2, 0) is 35.8 Å². The number of ether oxygens (including phenoxy) is 6. The van der Waals surface area contributed by atoms with Crippen LogP contribution in [0.25, 0.3) is 16.8 Å². The van der Waals surface area contributed by atoms with Crippen molar-refractivity contribution >= 4 is 16.8 Å². The summed E-state index contributed by atoms with van der Waals surface area (Å²) in [5.41, 5.74) is 3.67. The standard InChI is InChI=1S/C38H43NO6/c1-3-10-33(11-4-1)38(34-12-5-2-6-13-34)16-15-36-35-14-8-7-9-31(35)29-32(37(36)45-38)30-39-17-19-40-21-23-42-25-27-44-28-26-43-24-22-41-20-18-39/h1-16,29H,17-28,30H2. The van der Waals surface area contributed by atoms with E-state index in [2.05, 4.69) is 95.9 Å². The van der Waals surface area contributed by atoms with Gasteiger partial charge in [0, 0.05) is 41.9 Å². The lowest BCUT2D eigenvalue weighted by Gasteiger charge is -2.38. The Bertz CT molecular complexity index is 1450. The minimum absolute atomic E-state index is 0.544. The van der Waals surface area contributed by atoms with E-state index in [-0.39, 0.29) is 0 Å². The molecule has 2 aliphatic rings. The van der Waals surface area contributed by atoms with Crippen LogP contribution in [0.4, 0.5) is 0 Å². The predicted molar refractivity (Wildman–Crippen MR) is 177 cm³/mol. The first-order valence-electron chi connectivity index (χ1n) is 16.0. The second-order valence-electron chi connectivity index (χ2n) is 11.2. The molecule has 4 aromatic carbocycles. The molecule has 0 radical (unpaired) electrons. The molecule has 7 heteroatoms. The minimum Gasteiger partial charge on any atom is -0.473 e. The summed E-state index contributed by atoms with van der Waals surface area (Å²) in [5.74, 6) is 0.911. The van der Waals surface area contributed by atoms with Gasteiger partial charge in [0.05, 0.1) is 66.1 Å². The summed E-state index contributed by atoms with van der Waals surface area (Å²) in [6, 6.07) is 31.8.